The van der Waals surface area contributed by atoms with Gasteiger partial charge in [-0.15, -0.1) is 0 Å². The Bertz CT molecular complexity index is 2790. The molecular formula is C51H45F6N9O6. The van der Waals surface area contributed by atoms with Crippen molar-refractivity contribution in [1.29, 1.82) is 10.5 Å². The van der Waals surface area contributed by atoms with E-state index in [9.17, 15) is 65.9 Å². The lowest BCUT2D eigenvalue weighted by Crippen LogP contribution is -2.48. The monoisotopic (exact) mass is 993 g/mol. The molecule has 0 saturated carbocycles. The fraction of sp³-hybridized carbons (Fsp3) is 0.314. The van der Waals surface area contributed by atoms with Gasteiger partial charge in [0.25, 0.3) is 11.8 Å². The summed E-state index contributed by atoms with van der Waals surface area (Å²) in [5, 5.41) is 35.8. The number of alkyl halides is 6. The number of carboxylic acid groups (broad SMARTS) is 1. The maximum atomic E-state index is 14.4. The Labute approximate surface area is 409 Å². The van der Waals surface area contributed by atoms with Gasteiger partial charge in [0.15, 0.2) is 0 Å². The topological polar surface area (TPSA) is 193 Å². The van der Waals surface area contributed by atoms with Gasteiger partial charge in [-0.1, -0.05) is 36.4 Å². The Hall–Kier alpha value is -8.17. The van der Waals surface area contributed by atoms with Crippen LogP contribution in [-0.2, 0) is 26.7 Å². The van der Waals surface area contributed by atoms with Crippen molar-refractivity contribution in [2.45, 2.75) is 50.1 Å². The summed E-state index contributed by atoms with van der Waals surface area (Å²) in [4.78, 5) is 73.1. The van der Waals surface area contributed by atoms with Gasteiger partial charge in [-0.05, 0) is 78.2 Å². The second kappa shape index (κ2) is 19.9. The van der Waals surface area contributed by atoms with Crippen molar-refractivity contribution in [3.63, 3.8) is 0 Å². The molecule has 0 spiro atoms. The zero-order valence-electron chi connectivity index (χ0n) is 38.5. The van der Waals surface area contributed by atoms with Crippen molar-refractivity contribution in [3.8, 4) is 12.1 Å². The van der Waals surface area contributed by atoms with Crippen molar-refractivity contribution in [3.05, 3.63) is 153 Å². The largest absolute Gasteiger partial charge is 0.550 e. The average Bonchev–Trinajstić information content (AvgIpc) is 3.84. The van der Waals surface area contributed by atoms with E-state index in [0.717, 1.165) is 46.2 Å². The van der Waals surface area contributed by atoms with Crippen LogP contribution in [0.2, 0.25) is 0 Å². The summed E-state index contributed by atoms with van der Waals surface area (Å²) >= 11 is 0. The van der Waals surface area contributed by atoms with Gasteiger partial charge in [0.1, 0.15) is 0 Å². The van der Waals surface area contributed by atoms with Crippen LogP contribution in [0.1, 0.15) is 71.1 Å². The van der Waals surface area contributed by atoms with E-state index >= 15 is 0 Å². The van der Waals surface area contributed by atoms with Gasteiger partial charge >= 0.3 is 24.4 Å². The predicted octanol–water partition coefficient (Wildman–Crippen LogP) is 6.66. The molecule has 0 saturated heterocycles. The van der Waals surface area contributed by atoms with Gasteiger partial charge in [0, 0.05) is 38.3 Å². The van der Waals surface area contributed by atoms with E-state index in [1.54, 1.807) is 24.3 Å². The number of carbonyl (C=O) groups excluding carboxylic acids is 5. The second-order valence-electron chi connectivity index (χ2n) is 18.1. The quantitative estimate of drug-likeness (QED) is 0.0920. The lowest BCUT2D eigenvalue weighted by atomic mass is 9.94. The van der Waals surface area contributed by atoms with Crippen LogP contribution < -0.4 is 25.5 Å². The van der Waals surface area contributed by atoms with Crippen LogP contribution in [0, 0.1) is 22.7 Å². The molecule has 0 aliphatic carbocycles. The summed E-state index contributed by atoms with van der Waals surface area (Å²) in [6, 6.07) is 21.3. The van der Waals surface area contributed by atoms with E-state index in [4.69, 9.17) is 0 Å². The molecule has 0 radical (unpaired) electrons. The third-order valence-electron chi connectivity index (χ3n) is 13.3. The molecule has 0 fully saturated rings. The highest BCUT2D eigenvalue weighted by Crippen LogP contribution is 2.42. The summed E-state index contributed by atoms with van der Waals surface area (Å²) in [5.74, 6) is -2.20. The zero-order valence-corrected chi connectivity index (χ0v) is 38.5. The normalized spacial score (nSPS) is 18.2. The number of carbonyl (C=O) groups is 5. The van der Waals surface area contributed by atoms with Crippen molar-refractivity contribution in [2.24, 2.45) is 0 Å². The molecule has 15 nitrogen and oxygen atoms in total. The van der Waals surface area contributed by atoms with Crippen LogP contribution in [0.4, 0.5) is 47.3 Å². The Morgan fingerprint density at radius 1 is 0.639 bits per heavy atom. The number of rotatable bonds is 16. The number of nitrogens with one attached hydrogen (secondary N) is 2. The van der Waals surface area contributed by atoms with Gasteiger partial charge in [0.05, 0.1) is 120 Å². The van der Waals surface area contributed by atoms with Gasteiger partial charge < -0.3 is 34.8 Å². The molecule has 4 aromatic carbocycles. The molecule has 0 aromatic heterocycles. The summed E-state index contributed by atoms with van der Waals surface area (Å²) in [6.07, 6.45) is -8.80. The first kappa shape index (κ1) is 50.2. The molecule has 372 valence electrons. The number of urea groups is 2. The highest BCUT2D eigenvalue weighted by atomic mass is 19.4. The summed E-state index contributed by atoms with van der Waals surface area (Å²) in [6.45, 7) is 1.06. The number of amides is 6. The molecule has 4 heterocycles. The lowest BCUT2D eigenvalue weighted by molar-refractivity contribution is -0.910. The highest BCUT2D eigenvalue weighted by Gasteiger charge is 2.47. The first-order valence-electron chi connectivity index (χ1n) is 22.8. The van der Waals surface area contributed by atoms with Crippen molar-refractivity contribution < 1.29 is 59.9 Å². The van der Waals surface area contributed by atoms with Gasteiger partial charge in [-0.2, -0.15) is 36.9 Å². The number of benzene rings is 4. The van der Waals surface area contributed by atoms with Crippen molar-refractivity contribution >= 4 is 41.2 Å². The standard InChI is InChI=1S/C51H45F6N9O6/c1-66(22-4-11-41(67)68,23-5-20-62-29-39-42(46(62)69)44(33-16-12-31(27-58)13-17-33)60-48(71)64(39)37-9-2-7-35(25-37)50(52,53)54)24-6-21-63-30-40-43(47(63)70)45(34-18-14-32(28-59)15-19-34)61-49(72)65(40)38-10-3-8-36(26-38)51(55,56)57/h2-3,7-10,12-19,25-26,44-45H,4-6,11,20-24,29-30H2,1H3,(H2-,60,61,67,68,71,72)/t44-,45-/m1/s1. The maximum Gasteiger partial charge on any atom is 0.416 e. The summed E-state index contributed by atoms with van der Waals surface area (Å²) < 4.78 is 83.4. The van der Waals surface area contributed by atoms with Gasteiger partial charge in [-0.3, -0.25) is 19.4 Å². The minimum atomic E-state index is -4.72. The van der Waals surface area contributed by atoms with Crippen molar-refractivity contribution in [1.82, 2.24) is 20.4 Å². The number of quaternary nitrogens is 1. The molecule has 8 rings (SSSR count). The Morgan fingerprint density at radius 3 is 1.39 bits per heavy atom. The number of nitriles is 2. The molecule has 0 unspecified atom stereocenters. The van der Waals surface area contributed by atoms with Crippen LogP contribution in [-0.4, -0.2) is 97.0 Å². The molecule has 72 heavy (non-hydrogen) atoms. The van der Waals surface area contributed by atoms with E-state index in [1.807, 2.05) is 19.2 Å². The molecule has 2 N–H and O–H groups in total. The Kier molecular flexibility index (Phi) is 13.9. The zero-order chi connectivity index (χ0) is 51.7. The predicted molar refractivity (Wildman–Crippen MR) is 244 cm³/mol. The van der Waals surface area contributed by atoms with Gasteiger partial charge in [-0.25, -0.2) is 9.59 Å². The molecule has 4 aliphatic heterocycles. The van der Waals surface area contributed by atoms with Crippen LogP contribution in [0.15, 0.2) is 120 Å². The van der Waals surface area contributed by atoms with Crippen LogP contribution in [0.25, 0.3) is 0 Å². The smallest absolute Gasteiger partial charge is 0.416 e. The van der Waals surface area contributed by atoms with E-state index in [-0.39, 0.29) is 77.4 Å². The molecule has 4 aromatic rings. The fourth-order valence-corrected chi connectivity index (χ4v) is 9.77. The molecule has 21 heteroatoms. The number of hydrogen-bond donors (Lipinski definition) is 2. The van der Waals surface area contributed by atoms with E-state index in [1.165, 1.54) is 46.2 Å². The average molecular weight is 994 g/mol. The molecule has 4 aliphatic rings. The first-order chi connectivity index (χ1) is 34.2. The second-order valence-corrected chi connectivity index (χ2v) is 18.1. The Balaban J connectivity index is 1.00. The van der Waals surface area contributed by atoms with Gasteiger partial charge in [0.2, 0.25) is 0 Å². The molecule has 0 bridgehead atoms. The third-order valence-corrected chi connectivity index (χ3v) is 13.3. The van der Waals surface area contributed by atoms with Crippen LogP contribution in [0.3, 0.4) is 0 Å². The molecule has 2 atom stereocenters. The minimum absolute atomic E-state index is 0.108. The number of nitrogens with zero attached hydrogens (tertiary/aromatic N) is 7. The van der Waals surface area contributed by atoms with E-state index in [0.29, 0.717) is 54.7 Å². The number of anilines is 2. The third kappa shape index (κ3) is 10.3. The summed E-state index contributed by atoms with van der Waals surface area (Å²) in [5.41, 5.74) is 0.0121. The van der Waals surface area contributed by atoms with Crippen molar-refractivity contribution in [2.75, 3.05) is 62.7 Å². The minimum Gasteiger partial charge on any atom is -0.550 e. The Morgan fingerprint density at radius 2 is 1.03 bits per heavy atom. The van der Waals surface area contributed by atoms with E-state index < -0.39 is 65.4 Å². The highest BCUT2D eigenvalue weighted by molar-refractivity contribution is 6.08. The lowest BCUT2D eigenvalue weighted by Gasteiger charge is -2.36. The summed E-state index contributed by atoms with van der Waals surface area (Å²) in [7, 11) is 1.89. The number of carboxylic acids is 1. The SMILES string of the molecule is C[N+](CCCC(=O)[O-])(CCCN1CC2=C(C1=O)[C@@H](c1ccc(C#N)cc1)NC(=O)N2c1cccc(C(F)(F)F)c1)CCCN1CC2=C(C1=O)[C@@H](c1ccc(C#N)cc1)NC(=O)N2c1cccc(C(F)(F)F)c1. The van der Waals surface area contributed by atoms with Crippen LogP contribution >= 0.6 is 0 Å². The number of aliphatic carboxylic acids is 1. The van der Waals surface area contributed by atoms with E-state index in [2.05, 4.69) is 10.6 Å². The maximum absolute atomic E-state index is 14.4. The fourth-order valence-electron chi connectivity index (χ4n) is 9.77. The number of hydrogen-bond acceptors (Lipinski definition) is 8. The van der Waals surface area contributed by atoms with Crippen LogP contribution in [0.5, 0.6) is 0 Å². The molecular weight excluding hydrogens is 949 g/mol. The number of halogens is 6. The molecule has 6 amide bonds. The first-order valence-corrected chi connectivity index (χ1v) is 22.8.